The number of fused-ring (bicyclic) bond motifs is 1. The molecular weight excluding hydrogens is 254 g/mol. The SMILES string of the molecule is Cc1coc2c(=O)cc(NCCSCCO)oc12. The van der Waals surface area contributed by atoms with Crippen LogP contribution in [0.1, 0.15) is 5.56 Å². The summed E-state index contributed by atoms with van der Waals surface area (Å²) in [5, 5.41) is 11.7. The molecule has 0 aliphatic rings. The van der Waals surface area contributed by atoms with Crippen molar-refractivity contribution in [2.24, 2.45) is 0 Å². The molecule has 0 saturated heterocycles. The minimum Gasteiger partial charge on any atom is -0.456 e. The highest BCUT2D eigenvalue weighted by Crippen LogP contribution is 2.20. The summed E-state index contributed by atoms with van der Waals surface area (Å²) in [6, 6.07) is 1.39. The number of aliphatic hydroxyl groups excluding tert-OH is 1. The molecule has 0 aliphatic carbocycles. The number of nitrogens with one attached hydrogen (secondary N) is 1. The first-order chi connectivity index (χ1) is 8.72. The summed E-state index contributed by atoms with van der Waals surface area (Å²) in [7, 11) is 0. The molecule has 2 heterocycles. The van der Waals surface area contributed by atoms with E-state index in [1.807, 2.05) is 6.92 Å². The minimum atomic E-state index is -0.185. The molecule has 0 amide bonds. The van der Waals surface area contributed by atoms with Crippen LogP contribution in [0.15, 0.2) is 26.0 Å². The zero-order chi connectivity index (χ0) is 13.0. The molecule has 0 spiro atoms. The van der Waals surface area contributed by atoms with Crippen LogP contribution in [0.2, 0.25) is 0 Å². The lowest BCUT2D eigenvalue weighted by atomic mass is 10.3. The Bertz CT molecular complexity index is 575. The third-order valence-electron chi connectivity index (χ3n) is 2.40. The van der Waals surface area contributed by atoms with Crippen molar-refractivity contribution in [2.45, 2.75) is 6.92 Å². The summed E-state index contributed by atoms with van der Waals surface area (Å²) in [5.41, 5.74) is 1.37. The van der Waals surface area contributed by atoms with Crippen molar-refractivity contribution in [3.05, 3.63) is 28.1 Å². The van der Waals surface area contributed by atoms with Gasteiger partial charge in [-0.2, -0.15) is 11.8 Å². The molecular formula is C12H15NO4S. The second-order valence-electron chi connectivity index (χ2n) is 3.81. The monoisotopic (exact) mass is 269 g/mol. The third-order valence-corrected chi connectivity index (χ3v) is 3.36. The van der Waals surface area contributed by atoms with E-state index in [2.05, 4.69) is 5.32 Å². The fraction of sp³-hybridized carbons (Fsp3) is 0.417. The van der Waals surface area contributed by atoms with E-state index in [1.165, 1.54) is 12.3 Å². The number of hydrogen-bond acceptors (Lipinski definition) is 6. The Morgan fingerprint density at radius 2 is 2.22 bits per heavy atom. The van der Waals surface area contributed by atoms with Crippen molar-refractivity contribution in [1.82, 2.24) is 0 Å². The fourth-order valence-electron chi connectivity index (χ4n) is 1.55. The van der Waals surface area contributed by atoms with Gasteiger partial charge in [0.1, 0.15) is 0 Å². The van der Waals surface area contributed by atoms with E-state index in [-0.39, 0.29) is 17.6 Å². The molecule has 2 N–H and O–H groups in total. The molecule has 18 heavy (non-hydrogen) atoms. The summed E-state index contributed by atoms with van der Waals surface area (Å²) < 4.78 is 10.7. The topological polar surface area (TPSA) is 75.6 Å². The van der Waals surface area contributed by atoms with E-state index in [9.17, 15) is 4.79 Å². The summed E-state index contributed by atoms with van der Waals surface area (Å²) in [6.45, 7) is 2.69. The van der Waals surface area contributed by atoms with Crippen molar-refractivity contribution in [3.63, 3.8) is 0 Å². The Kier molecular flexibility index (Phi) is 4.33. The fourth-order valence-corrected chi connectivity index (χ4v) is 2.13. The standard InChI is InChI=1S/C12H15NO4S/c1-8-7-16-12-9(15)6-10(17-11(8)12)13-2-4-18-5-3-14/h6-7,13-14H,2-5H2,1H3. The van der Waals surface area contributed by atoms with E-state index in [0.29, 0.717) is 23.8 Å². The van der Waals surface area contributed by atoms with Gasteiger partial charge in [-0.05, 0) is 6.92 Å². The molecule has 6 heteroatoms. The number of rotatable bonds is 6. The smallest absolute Gasteiger partial charge is 0.230 e. The highest BCUT2D eigenvalue weighted by atomic mass is 32.2. The van der Waals surface area contributed by atoms with Crippen molar-refractivity contribution in [2.75, 3.05) is 30.0 Å². The average molecular weight is 269 g/mol. The van der Waals surface area contributed by atoms with Crippen molar-refractivity contribution in [1.29, 1.82) is 0 Å². The Morgan fingerprint density at radius 3 is 3.00 bits per heavy atom. The van der Waals surface area contributed by atoms with Gasteiger partial charge in [-0.1, -0.05) is 0 Å². The third kappa shape index (κ3) is 2.88. The normalized spacial score (nSPS) is 11.0. The van der Waals surface area contributed by atoms with Gasteiger partial charge in [0.2, 0.25) is 11.0 Å². The van der Waals surface area contributed by atoms with Gasteiger partial charge in [0.25, 0.3) is 0 Å². The first-order valence-corrected chi connectivity index (χ1v) is 6.82. The van der Waals surface area contributed by atoms with Crippen LogP contribution < -0.4 is 10.7 Å². The highest BCUT2D eigenvalue weighted by Gasteiger charge is 2.10. The number of thioether (sulfide) groups is 1. The van der Waals surface area contributed by atoms with Crippen LogP contribution in [0.4, 0.5) is 5.88 Å². The lowest BCUT2D eigenvalue weighted by Crippen LogP contribution is -2.08. The molecule has 2 aromatic heterocycles. The Morgan fingerprint density at radius 1 is 1.39 bits per heavy atom. The zero-order valence-corrected chi connectivity index (χ0v) is 10.9. The van der Waals surface area contributed by atoms with Gasteiger partial charge in [0.05, 0.1) is 12.9 Å². The maximum absolute atomic E-state index is 11.7. The zero-order valence-electron chi connectivity index (χ0n) is 10.1. The molecule has 5 nitrogen and oxygen atoms in total. The molecule has 0 aliphatic heterocycles. The van der Waals surface area contributed by atoms with Gasteiger partial charge >= 0.3 is 0 Å². The average Bonchev–Trinajstić information content (AvgIpc) is 2.72. The van der Waals surface area contributed by atoms with Crippen LogP contribution in [0.5, 0.6) is 0 Å². The van der Waals surface area contributed by atoms with E-state index in [4.69, 9.17) is 13.9 Å². The lowest BCUT2D eigenvalue weighted by Gasteiger charge is -2.04. The molecule has 0 fully saturated rings. The van der Waals surface area contributed by atoms with Gasteiger partial charge in [-0.15, -0.1) is 0 Å². The second-order valence-corrected chi connectivity index (χ2v) is 5.04. The van der Waals surface area contributed by atoms with Crippen molar-refractivity contribution in [3.8, 4) is 0 Å². The van der Waals surface area contributed by atoms with Crippen LogP contribution in [-0.4, -0.2) is 29.8 Å². The predicted molar refractivity (Wildman–Crippen MR) is 72.4 cm³/mol. The van der Waals surface area contributed by atoms with Gasteiger partial charge < -0.3 is 19.3 Å². The summed E-state index contributed by atoms with van der Waals surface area (Å²) >= 11 is 1.63. The molecule has 2 rings (SSSR count). The molecule has 0 unspecified atom stereocenters. The number of aryl methyl sites for hydroxylation is 1. The lowest BCUT2D eigenvalue weighted by molar-refractivity contribution is 0.322. The maximum atomic E-state index is 11.7. The van der Waals surface area contributed by atoms with Crippen LogP contribution >= 0.6 is 11.8 Å². The van der Waals surface area contributed by atoms with E-state index in [1.54, 1.807) is 11.8 Å². The molecule has 0 atom stereocenters. The van der Waals surface area contributed by atoms with Crippen molar-refractivity contribution < 1.29 is 13.9 Å². The number of aliphatic hydroxyl groups is 1. The largest absolute Gasteiger partial charge is 0.456 e. The van der Waals surface area contributed by atoms with Gasteiger partial charge in [-0.25, -0.2) is 0 Å². The number of furan rings is 1. The molecule has 0 radical (unpaired) electrons. The van der Waals surface area contributed by atoms with E-state index >= 15 is 0 Å². The quantitative estimate of drug-likeness (QED) is 0.779. The Labute approximate surface area is 108 Å². The highest BCUT2D eigenvalue weighted by molar-refractivity contribution is 7.99. The molecule has 0 saturated carbocycles. The Hall–Kier alpha value is -1.40. The predicted octanol–water partition coefficient (Wildman–Crippen LogP) is 1.83. The minimum absolute atomic E-state index is 0.180. The van der Waals surface area contributed by atoms with Crippen LogP contribution in [0.3, 0.4) is 0 Å². The van der Waals surface area contributed by atoms with Gasteiger partial charge in [-0.3, -0.25) is 4.79 Å². The van der Waals surface area contributed by atoms with Crippen LogP contribution in [0, 0.1) is 6.92 Å². The maximum Gasteiger partial charge on any atom is 0.230 e. The summed E-state index contributed by atoms with van der Waals surface area (Å²) in [5.74, 6) is 2.00. The molecule has 0 aromatic carbocycles. The summed E-state index contributed by atoms with van der Waals surface area (Å²) in [6.07, 6.45) is 1.51. The Balaban J connectivity index is 2.05. The molecule has 2 aromatic rings. The van der Waals surface area contributed by atoms with Crippen LogP contribution in [-0.2, 0) is 0 Å². The molecule has 0 bridgehead atoms. The van der Waals surface area contributed by atoms with Crippen LogP contribution in [0.25, 0.3) is 11.2 Å². The summed E-state index contributed by atoms with van der Waals surface area (Å²) in [4.78, 5) is 11.7. The number of hydrogen-bond donors (Lipinski definition) is 2. The first kappa shape index (κ1) is 13.0. The van der Waals surface area contributed by atoms with Gasteiger partial charge in [0.15, 0.2) is 11.5 Å². The van der Waals surface area contributed by atoms with Gasteiger partial charge in [0, 0.05) is 29.7 Å². The first-order valence-electron chi connectivity index (χ1n) is 5.67. The number of anilines is 1. The second kappa shape index (κ2) is 5.97. The van der Waals surface area contributed by atoms with Crippen molar-refractivity contribution >= 4 is 28.8 Å². The molecule has 98 valence electrons. The van der Waals surface area contributed by atoms with E-state index < -0.39 is 0 Å². The van der Waals surface area contributed by atoms with E-state index in [0.717, 1.165) is 11.3 Å².